The molecule has 31 heavy (non-hydrogen) atoms. The molecule has 1 N–H and O–H groups in total. The zero-order chi connectivity index (χ0) is 22.5. The van der Waals surface area contributed by atoms with Crippen LogP contribution in [0.15, 0.2) is 48.0 Å². The van der Waals surface area contributed by atoms with Crippen LogP contribution in [0.4, 0.5) is 0 Å². The van der Waals surface area contributed by atoms with E-state index in [1.54, 1.807) is 49.5 Å². The molecule has 0 spiro atoms. The van der Waals surface area contributed by atoms with Crippen molar-refractivity contribution in [2.24, 2.45) is 0 Å². The monoisotopic (exact) mass is 423 g/mol. The molecule has 1 amide bonds. The number of hydrogen-bond acceptors (Lipinski definition) is 5. The van der Waals surface area contributed by atoms with Crippen LogP contribution in [0.25, 0.3) is 5.76 Å². The molecule has 6 nitrogen and oxygen atoms in total. The number of hydrogen-bond donors (Lipinski definition) is 1. The highest BCUT2D eigenvalue weighted by atomic mass is 16.5. The van der Waals surface area contributed by atoms with Gasteiger partial charge in [0.25, 0.3) is 11.7 Å². The van der Waals surface area contributed by atoms with E-state index in [9.17, 15) is 14.7 Å². The first-order chi connectivity index (χ1) is 14.9. The normalized spacial score (nSPS) is 17.8. The fourth-order valence-corrected chi connectivity index (χ4v) is 3.96. The zero-order valence-corrected chi connectivity index (χ0v) is 18.5. The number of amides is 1. The lowest BCUT2D eigenvalue weighted by atomic mass is 9.94. The Morgan fingerprint density at radius 1 is 1.03 bits per heavy atom. The Bertz CT molecular complexity index is 993. The summed E-state index contributed by atoms with van der Waals surface area (Å²) in [5.74, 6) is -0.0596. The van der Waals surface area contributed by atoms with Crippen molar-refractivity contribution in [2.45, 2.75) is 39.2 Å². The predicted octanol–water partition coefficient (Wildman–Crippen LogP) is 4.62. The number of methoxy groups -OCH3 is 2. The molecule has 2 aromatic rings. The zero-order valence-electron chi connectivity index (χ0n) is 18.5. The van der Waals surface area contributed by atoms with Gasteiger partial charge in [-0.05, 0) is 54.8 Å². The molecule has 1 atom stereocenters. The fraction of sp³-hybridized carbons (Fsp3) is 0.360. The lowest BCUT2D eigenvalue weighted by Gasteiger charge is -2.25. The summed E-state index contributed by atoms with van der Waals surface area (Å²) in [6.07, 6.45) is 2.75. The first kappa shape index (κ1) is 22.4. The van der Waals surface area contributed by atoms with Gasteiger partial charge in [-0.1, -0.05) is 31.9 Å². The van der Waals surface area contributed by atoms with E-state index in [-0.39, 0.29) is 11.3 Å². The van der Waals surface area contributed by atoms with Crippen LogP contribution in [0.3, 0.4) is 0 Å². The molecule has 3 rings (SSSR count). The Kier molecular flexibility index (Phi) is 7.00. The Hall–Kier alpha value is -3.28. The van der Waals surface area contributed by atoms with Gasteiger partial charge < -0.3 is 19.5 Å². The topological polar surface area (TPSA) is 76.1 Å². The molecular formula is C25H29NO5. The average molecular weight is 424 g/mol. The second-order valence-corrected chi connectivity index (χ2v) is 7.66. The second-order valence-electron chi connectivity index (χ2n) is 7.66. The first-order valence-corrected chi connectivity index (χ1v) is 10.5. The number of carbonyl (C=O) groups excluding carboxylic acids is 2. The Labute approximate surface area is 183 Å². The summed E-state index contributed by atoms with van der Waals surface area (Å²) in [5, 5.41) is 11.1. The van der Waals surface area contributed by atoms with Gasteiger partial charge in [0.2, 0.25) is 0 Å². The number of nitrogens with zero attached hydrogens (tertiary/aromatic N) is 1. The summed E-state index contributed by atoms with van der Waals surface area (Å²) < 4.78 is 10.5. The standard InChI is InChI=1S/C25H29NO5/c1-5-6-7-14-26-22(17-8-11-19(30-3)12-9-17)21(24(28)25(26)29)23(27)18-10-13-20(31-4)16(2)15-18/h8-13,15,22,27H,5-7,14H2,1-4H3/b23-21-. The van der Waals surface area contributed by atoms with Gasteiger partial charge in [-0.25, -0.2) is 0 Å². The molecule has 1 heterocycles. The summed E-state index contributed by atoms with van der Waals surface area (Å²) in [5.41, 5.74) is 2.16. The SMILES string of the molecule is CCCCCN1C(=O)C(=O)/C(=C(\O)c2ccc(OC)c(C)c2)C1c1ccc(OC)cc1. The van der Waals surface area contributed by atoms with Gasteiger partial charge in [0.05, 0.1) is 25.8 Å². The lowest BCUT2D eigenvalue weighted by molar-refractivity contribution is -0.139. The van der Waals surface area contributed by atoms with Gasteiger partial charge in [-0.15, -0.1) is 0 Å². The molecule has 2 aromatic carbocycles. The number of Topliss-reactive ketones (excluding diaryl/α,β-unsaturated/α-hetero) is 1. The summed E-state index contributed by atoms with van der Waals surface area (Å²) in [4.78, 5) is 27.5. The average Bonchev–Trinajstić information content (AvgIpc) is 3.03. The van der Waals surface area contributed by atoms with E-state index >= 15 is 0 Å². The van der Waals surface area contributed by atoms with Crippen molar-refractivity contribution in [1.82, 2.24) is 4.90 Å². The van der Waals surface area contributed by atoms with Gasteiger partial charge in [0.15, 0.2) is 0 Å². The minimum Gasteiger partial charge on any atom is -0.507 e. The summed E-state index contributed by atoms with van der Waals surface area (Å²) in [7, 11) is 3.16. The van der Waals surface area contributed by atoms with E-state index in [0.717, 1.165) is 30.4 Å². The van der Waals surface area contributed by atoms with Crippen molar-refractivity contribution in [2.75, 3.05) is 20.8 Å². The van der Waals surface area contributed by atoms with Crippen LogP contribution in [-0.2, 0) is 9.59 Å². The predicted molar refractivity (Wildman–Crippen MR) is 119 cm³/mol. The number of ether oxygens (including phenoxy) is 2. The molecule has 6 heteroatoms. The van der Waals surface area contributed by atoms with Gasteiger partial charge in [0, 0.05) is 12.1 Å². The molecule has 1 fully saturated rings. The Morgan fingerprint density at radius 3 is 2.32 bits per heavy atom. The van der Waals surface area contributed by atoms with Crippen LogP contribution >= 0.6 is 0 Å². The fourth-order valence-electron chi connectivity index (χ4n) is 3.96. The van der Waals surface area contributed by atoms with Gasteiger partial charge >= 0.3 is 0 Å². The van der Waals surface area contributed by atoms with Crippen LogP contribution < -0.4 is 9.47 Å². The Balaban J connectivity index is 2.11. The summed E-state index contributed by atoms with van der Waals surface area (Å²) >= 11 is 0. The summed E-state index contributed by atoms with van der Waals surface area (Å²) in [6.45, 7) is 4.40. The van der Waals surface area contributed by atoms with Crippen molar-refractivity contribution in [3.05, 3.63) is 64.7 Å². The van der Waals surface area contributed by atoms with Crippen molar-refractivity contribution in [3.63, 3.8) is 0 Å². The molecule has 0 bridgehead atoms. The first-order valence-electron chi connectivity index (χ1n) is 10.5. The van der Waals surface area contributed by atoms with Crippen LogP contribution in [0, 0.1) is 6.92 Å². The highest BCUT2D eigenvalue weighted by Crippen LogP contribution is 2.40. The number of aryl methyl sites for hydroxylation is 1. The van der Waals surface area contributed by atoms with E-state index < -0.39 is 17.7 Å². The highest BCUT2D eigenvalue weighted by Gasteiger charge is 2.45. The van der Waals surface area contributed by atoms with Crippen LogP contribution in [0.1, 0.15) is 48.9 Å². The molecular weight excluding hydrogens is 394 g/mol. The third-order valence-corrected chi connectivity index (χ3v) is 5.64. The minimum absolute atomic E-state index is 0.108. The molecule has 1 unspecified atom stereocenters. The molecule has 0 aliphatic carbocycles. The number of aliphatic hydroxyl groups is 1. The van der Waals surface area contributed by atoms with E-state index in [1.165, 1.54) is 0 Å². The van der Waals surface area contributed by atoms with Gasteiger partial charge in [-0.3, -0.25) is 9.59 Å². The number of unbranched alkanes of at least 4 members (excludes halogenated alkanes) is 2. The molecule has 1 aliphatic heterocycles. The van der Waals surface area contributed by atoms with E-state index in [2.05, 4.69) is 6.92 Å². The second kappa shape index (κ2) is 9.69. The third kappa shape index (κ3) is 4.43. The van der Waals surface area contributed by atoms with E-state index in [4.69, 9.17) is 9.47 Å². The molecule has 164 valence electrons. The molecule has 0 saturated carbocycles. The highest BCUT2D eigenvalue weighted by molar-refractivity contribution is 6.46. The third-order valence-electron chi connectivity index (χ3n) is 5.64. The van der Waals surface area contributed by atoms with E-state index in [1.807, 2.05) is 19.1 Å². The Morgan fingerprint density at radius 2 is 1.74 bits per heavy atom. The number of benzene rings is 2. The number of likely N-dealkylation sites (tertiary alicyclic amines) is 1. The maximum absolute atomic E-state index is 13.0. The number of aliphatic hydroxyl groups excluding tert-OH is 1. The van der Waals surface area contributed by atoms with Crippen LogP contribution in [-0.4, -0.2) is 42.5 Å². The quantitative estimate of drug-likeness (QED) is 0.290. The number of rotatable bonds is 8. The molecule has 0 radical (unpaired) electrons. The largest absolute Gasteiger partial charge is 0.507 e. The van der Waals surface area contributed by atoms with E-state index in [0.29, 0.717) is 23.6 Å². The molecule has 1 aliphatic rings. The summed E-state index contributed by atoms with van der Waals surface area (Å²) in [6, 6.07) is 11.8. The molecule has 1 saturated heterocycles. The van der Waals surface area contributed by atoms with Gasteiger partial charge in [0.1, 0.15) is 17.3 Å². The smallest absolute Gasteiger partial charge is 0.295 e. The van der Waals surface area contributed by atoms with Crippen molar-refractivity contribution < 1.29 is 24.2 Å². The lowest BCUT2D eigenvalue weighted by Crippen LogP contribution is -2.30. The van der Waals surface area contributed by atoms with Crippen molar-refractivity contribution in [1.29, 1.82) is 0 Å². The molecule has 0 aromatic heterocycles. The minimum atomic E-state index is -0.664. The van der Waals surface area contributed by atoms with Crippen molar-refractivity contribution >= 4 is 17.4 Å². The van der Waals surface area contributed by atoms with Crippen molar-refractivity contribution in [3.8, 4) is 11.5 Å². The number of carbonyl (C=O) groups is 2. The van der Waals surface area contributed by atoms with Crippen LogP contribution in [0.2, 0.25) is 0 Å². The van der Waals surface area contributed by atoms with Gasteiger partial charge in [-0.2, -0.15) is 0 Å². The van der Waals surface area contributed by atoms with Crippen LogP contribution in [0.5, 0.6) is 11.5 Å². The maximum Gasteiger partial charge on any atom is 0.295 e. The maximum atomic E-state index is 13.0. The number of ketones is 1.